The highest BCUT2D eigenvalue weighted by Crippen LogP contribution is 2.30. The Labute approximate surface area is 118 Å². The van der Waals surface area contributed by atoms with Gasteiger partial charge in [-0.15, -0.1) is 0 Å². The van der Waals surface area contributed by atoms with E-state index in [0.29, 0.717) is 0 Å². The molecule has 0 aliphatic heterocycles. The molecular weight excluding hydrogens is 256 g/mol. The lowest BCUT2D eigenvalue weighted by Gasteiger charge is -2.03. The van der Waals surface area contributed by atoms with Crippen LogP contribution in [0.1, 0.15) is 22.3 Å². The Bertz CT molecular complexity index is 509. The molecule has 2 aromatic carbocycles. The summed E-state index contributed by atoms with van der Waals surface area (Å²) in [5, 5.41) is 36.2. The van der Waals surface area contributed by atoms with Crippen molar-refractivity contribution >= 4 is 0 Å². The van der Waals surface area contributed by atoms with Crippen LogP contribution in [0.2, 0.25) is 0 Å². The summed E-state index contributed by atoms with van der Waals surface area (Å²) in [5.74, 6) is -0.133. The highest BCUT2D eigenvalue weighted by Gasteiger charge is 2.03. The number of hydrogen-bond donors (Lipinski definition) is 4. The third-order valence-electron chi connectivity index (χ3n) is 3.36. The zero-order chi connectivity index (χ0) is 15.4. The summed E-state index contributed by atoms with van der Waals surface area (Å²) >= 11 is 0. The van der Waals surface area contributed by atoms with E-state index in [-0.39, 0.29) is 23.0 Å². The average Bonchev–Trinajstić information content (AvgIpc) is 2.43. The maximum Gasteiger partial charge on any atom is 0.160 e. The highest BCUT2D eigenvalue weighted by molar-refractivity contribution is 5.48. The smallest absolute Gasteiger partial charge is 0.160 e. The third-order valence-corrected chi connectivity index (χ3v) is 3.36. The van der Waals surface area contributed by atoms with E-state index in [1.54, 1.807) is 26.0 Å². The Morgan fingerprint density at radius 2 is 0.850 bits per heavy atom. The number of aryl methyl sites for hydroxylation is 2. The summed E-state index contributed by atoms with van der Waals surface area (Å²) < 4.78 is 0. The first kappa shape index (κ1) is 15.7. The molecule has 0 fully saturated rings. The summed E-state index contributed by atoms with van der Waals surface area (Å²) in [5.41, 5.74) is 3.44. The van der Waals surface area contributed by atoms with Gasteiger partial charge in [0.15, 0.2) is 23.0 Å². The van der Waals surface area contributed by atoms with Crippen molar-refractivity contribution in [2.24, 2.45) is 0 Å². The van der Waals surface area contributed by atoms with Gasteiger partial charge >= 0.3 is 0 Å². The number of phenolic OH excluding ortho intramolecular Hbond substituents is 4. The van der Waals surface area contributed by atoms with Crippen molar-refractivity contribution in [3.63, 3.8) is 0 Å². The van der Waals surface area contributed by atoms with Crippen molar-refractivity contribution in [2.45, 2.75) is 27.7 Å². The van der Waals surface area contributed by atoms with Gasteiger partial charge in [0, 0.05) is 0 Å². The topological polar surface area (TPSA) is 80.9 Å². The number of phenols is 4. The molecule has 0 aromatic heterocycles. The van der Waals surface area contributed by atoms with Gasteiger partial charge in [-0.3, -0.25) is 0 Å². The van der Waals surface area contributed by atoms with Gasteiger partial charge in [-0.05, 0) is 62.1 Å². The first-order valence-corrected chi connectivity index (χ1v) is 6.22. The van der Waals surface area contributed by atoms with E-state index >= 15 is 0 Å². The van der Waals surface area contributed by atoms with Gasteiger partial charge in [0.2, 0.25) is 0 Å². The first-order chi connectivity index (χ1) is 9.25. The Balaban J connectivity index is 0.000000200. The maximum absolute atomic E-state index is 9.14. The summed E-state index contributed by atoms with van der Waals surface area (Å²) in [6, 6.07) is 6.50. The van der Waals surface area contributed by atoms with E-state index in [2.05, 4.69) is 0 Å². The van der Waals surface area contributed by atoms with Gasteiger partial charge in [-0.2, -0.15) is 0 Å². The second-order valence-corrected chi connectivity index (χ2v) is 4.75. The van der Waals surface area contributed by atoms with E-state index < -0.39 is 0 Å². The molecule has 20 heavy (non-hydrogen) atoms. The largest absolute Gasteiger partial charge is 0.504 e. The van der Waals surface area contributed by atoms with E-state index in [4.69, 9.17) is 20.4 Å². The van der Waals surface area contributed by atoms with Crippen LogP contribution in [0.5, 0.6) is 23.0 Å². The fourth-order valence-corrected chi connectivity index (χ4v) is 1.57. The molecule has 0 unspecified atom stereocenters. The molecule has 0 aliphatic carbocycles. The van der Waals surface area contributed by atoms with Crippen molar-refractivity contribution in [1.82, 2.24) is 0 Å². The lowest BCUT2D eigenvalue weighted by atomic mass is 10.1. The van der Waals surface area contributed by atoms with Crippen LogP contribution in [0, 0.1) is 27.7 Å². The molecular formula is C16H20O4. The number of hydrogen-bond acceptors (Lipinski definition) is 4. The molecule has 108 valence electrons. The van der Waals surface area contributed by atoms with E-state index in [9.17, 15) is 0 Å². The Hall–Kier alpha value is -2.36. The molecule has 0 spiro atoms. The van der Waals surface area contributed by atoms with Gasteiger partial charge in [0.05, 0.1) is 0 Å². The molecule has 4 nitrogen and oxygen atoms in total. The van der Waals surface area contributed by atoms with Crippen molar-refractivity contribution in [3.8, 4) is 23.0 Å². The Morgan fingerprint density at radius 1 is 0.550 bits per heavy atom. The number of benzene rings is 2. The molecule has 0 bridgehead atoms. The van der Waals surface area contributed by atoms with Crippen LogP contribution in [-0.4, -0.2) is 20.4 Å². The second-order valence-electron chi connectivity index (χ2n) is 4.75. The van der Waals surface area contributed by atoms with Crippen molar-refractivity contribution in [2.75, 3.05) is 0 Å². The quantitative estimate of drug-likeness (QED) is 0.556. The van der Waals surface area contributed by atoms with Crippen LogP contribution >= 0.6 is 0 Å². The van der Waals surface area contributed by atoms with Gasteiger partial charge in [-0.25, -0.2) is 0 Å². The van der Waals surface area contributed by atoms with Crippen LogP contribution in [0.4, 0.5) is 0 Å². The maximum atomic E-state index is 9.14. The zero-order valence-electron chi connectivity index (χ0n) is 12.1. The fraction of sp³-hybridized carbons (Fsp3) is 0.250. The minimum Gasteiger partial charge on any atom is -0.504 e. The summed E-state index contributed by atoms with van der Waals surface area (Å²) in [4.78, 5) is 0. The lowest BCUT2D eigenvalue weighted by Crippen LogP contribution is -1.80. The summed E-state index contributed by atoms with van der Waals surface area (Å²) in [6.45, 7) is 7.30. The normalized spacial score (nSPS) is 9.80. The van der Waals surface area contributed by atoms with Gasteiger partial charge in [-0.1, -0.05) is 12.1 Å². The standard InChI is InChI=1S/2C8H10O2/c2*1-5-3-4-7(9)8(10)6(5)2/h2*3-4,9-10H,1-2H3. The van der Waals surface area contributed by atoms with Crippen molar-refractivity contribution in [3.05, 3.63) is 46.5 Å². The molecule has 0 saturated carbocycles. The molecule has 4 N–H and O–H groups in total. The molecule has 0 aliphatic rings. The molecule has 0 atom stereocenters. The minimum atomic E-state index is -0.0527. The van der Waals surface area contributed by atoms with E-state index in [1.807, 2.05) is 13.8 Å². The lowest BCUT2D eigenvalue weighted by molar-refractivity contribution is 0.400. The van der Waals surface area contributed by atoms with Gasteiger partial charge < -0.3 is 20.4 Å². The highest BCUT2D eigenvalue weighted by atomic mass is 16.3. The minimum absolute atomic E-state index is 0.0139. The van der Waals surface area contributed by atoms with Crippen LogP contribution < -0.4 is 0 Å². The van der Waals surface area contributed by atoms with Crippen LogP contribution in [0.25, 0.3) is 0 Å². The molecule has 0 heterocycles. The molecule has 0 amide bonds. The summed E-state index contributed by atoms with van der Waals surface area (Å²) in [7, 11) is 0. The second kappa shape index (κ2) is 6.19. The zero-order valence-corrected chi connectivity index (χ0v) is 12.1. The molecule has 2 aromatic rings. The van der Waals surface area contributed by atoms with Crippen LogP contribution in [-0.2, 0) is 0 Å². The molecule has 0 radical (unpaired) electrons. The number of aromatic hydroxyl groups is 4. The van der Waals surface area contributed by atoms with E-state index in [0.717, 1.165) is 22.3 Å². The van der Waals surface area contributed by atoms with E-state index in [1.165, 1.54) is 12.1 Å². The average molecular weight is 276 g/mol. The van der Waals surface area contributed by atoms with Crippen molar-refractivity contribution in [1.29, 1.82) is 0 Å². The fourth-order valence-electron chi connectivity index (χ4n) is 1.57. The SMILES string of the molecule is Cc1ccc(O)c(O)c1C.Cc1ccc(O)c(O)c1C. The van der Waals surface area contributed by atoms with Crippen LogP contribution in [0.15, 0.2) is 24.3 Å². The van der Waals surface area contributed by atoms with Gasteiger partial charge in [0.1, 0.15) is 0 Å². The van der Waals surface area contributed by atoms with Gasteiger partial charge in [0.25, 0.3) is 0 Å². The molecule has 2 rings (SSSR count). The Kier molecular flexibility index (Phi) is 4.86. The summed E-state index contributed by atoms with van der Waals surface area (Å²) in [6.07, 6.45) is 0. The third kappa shape index (κ3) is 3.35. The first-order valence-electron chi connectivity index (χ1n) is 6.22. The molecule has 4 heteroatoms. The van der Waals surface area contributed by atoms with Crippen molar-refractivity contribution < 1.29 is 20.4 Å². The monoisotopic (exact) mass is 276 g/mol. The Morgan fingerprint density at radius 3 is 1.10 bits per heavy atom. The number of rotatable bonds is 0. The molecule has 0 saturated heterocycles. The predicted octanol–water partition coefficient (Wildman–Crippen LogP) is 3.43. The predicted molar refractivity (Wildman–Crippen MR) is 78.5 cm³/mol. The van der Waals surface area contributed by atoms with Crippen LogP contribution in [0.3, 0.4) is 0 Å².